The Morgan fingerprint density at radius 1 is 1.17 bits per heavy atom. The van der Waals surface area contributed by atoms with Gasteiger partial charge in [0.2, 0.25) is 0 Å². The average molecular weight is 390 g/mol. The molecule has 5 rings (SSSR count). The molecule has 3 aromatic rings. The van der Waals surface area contributed by atoms with Gasteiger partial charge in [-0.3, -0.25) is 10.8 Å². The molecule has 2 aromatic carbocycles. The maximum atomic E-state index is 14.0. The van der Waals surface area contributed by atoms with E-state index in [1.54, 1.807) is 6.07 Å². The highest BCUT2D eigenvalue weighted by Crippen LogP contribution is 2.32. The van der Waals surface area contributed by atoms with Crippen molar-refractivity contribution in [2.24, 2.45) is 5.92 Å². The van der Waals surface area contributed by atoms with Crippen LogP contribution in [0.2, 0.25) is 0 Å². The van der Waals surface area contributed by atoms with E-state index < -0.39 is 5.82 Å². The number of benzene rings is 2. The lowest BCUT2D eigenvalue weighted by molar-refractivity contribution is 0.622. The number of nitrogens with two attached hydrogens (primary N) is 1. The van der Waals surface area contributed by atoms with Crippen LogP contribution in [0, 0.1) is 29.5 Å². The second-order valence-electron chi connectivity index (χ2n) is 8.11. The molecule has 1 saturated carbocycles. The average Bonchev–Trinajstić information content (AvgIpc) is 3.54. The molecule has 7 heteroatoms. The number of hydrogen-bond donors (Lipinski definition) is 3. The van der Waals surface area contributed by atoms with Crippen LogP contribution in [0.3, 0.4) is 0 Å². The lowest BCUT2D eigenvalue weighted by Gasteiger charge is -2.31. The minimum atomic E-state index is -0.397. The number of hydrogen-bond acceptors (Lipinski definition) is 5. The molecule has 0 bridgehead atoms. The topological polar surface area (TPSA) is 94.8 Å². The largest absolute Gasteiger partial charge is 0.396 e. The summed E-state index contributed by atoms with van der Waals surface area (Å²) in [5.41, 5.74) is 9.23. The fraction of sp³-hybridized carbons (Fsp3) is 0.318. The molecule has 6 nitrogen and oxygen atoms in total. The van der Waals surface area contributed by atoms with Crippen molar-refractivity contribution in [3.8, 4) is 0 Å². The molecule has 29 heavy (non-hydrogen) atoms. The number of anilines is 2. The van der Waals surface area contributed by atoms with Gasteiger partial charge in [0, 0.05) is 29.8 Å². The first kappa shape index (κ1) is 17.8. The van der Waals surface area contributed by atoms with Crippen LogP contribution in [-0.4, -0.2) is 22.2 Å². The van der Waals surface area contributed by atoms with Gasteiger partial charge < -0.3 is 10.6 Å². The zero-order valence-corrected chi connectivity index (χ0v) is 16.3. The van der Waals surface area contributed by atoms with Gasteiger partial charge in [0.25, 0.3) is 0 Å². The van der Waals surface area contributed by atoms with Gasteiger partial charge in [-0.05, 0) is 55.5 Å². The second kappa shape index (κ2) is 6.40. The first-order valence-corrected chi connectivity index (χ1v) is 9.91. The second-order valence-corrected chi connectivity index (χ2v) is 8.11. The van der Waals surface area contributed by atoms with Gasteiger partial charge in [0.05, 0.1) is 5.69 Å². The van der Waals surface area contributed by atoms with Gasteiger partial charge in [-0.2, -0.15) is 4.68 Å². The number of rotatable bonds is 2. The Balaban J connectivity index is 1.66. The van der Waals surface area contributed by atoms with Crippen LogP contribution in [0.25, 0.3) is 10.8 Å². The van der Waals surface area contributed by atoms with Gasteiger partial charge in [-0.1, -0.05) is 17.7 Å². The monoisotopic (exact) mass is 390 g/mol. The smallest absolute Gasteiger partial charge is 0.158 e. The van der Waals surface area contributed by atoms with Crippen molar-refractivity contribution in [3.63, 3.8) is 0 Å². The summed E-state index contributed by atoms with van der Waals surface area (Å²) >= 11 is 0. The maximum Gasteiger partial charge on any atom is 0.158 e. The van der Waals surface area contributed by atoms with E-state index in [2.05, 4.69) is 4.90 Å². The van der Waals surface area contributed by atoms with Crippen LogP contribution in [0.5, 0.6) is 0 Å². The number of halogens is 1. The summed E-state index contributed by atoms with van der Waals surface area (Å²) in [6.45, 7) is 3.27. The van der Waals surface area contributed by atoms with E-state index in [-0.39, 0.29) is 17.1 Å². The van der Waals surface area contributed by atoms with Crippen molar-refractivity contribution in [1.82, 2.24) is 9.78 Å². The van der Waals surface area contributed by atoms with E-state index in [4.69, 9.17) is 21.7 Å². The van der Waals surface area contributed by atoms with E-state index in [1.165, 1.54) is 10.7 Å². The van der Waals surface area contributed by atoms with Crippen molar-refractivity contribution >= 4 is 28.1 Å². The molecule has 0 saturated heterocycles. The summed E-state index contributed by atoms with van der Waals surface area (Å²) in [5, 5.41) is 23.5. The van der Waals surface area contributed by atoms with Gasteiger partial charge in [-0.25, -0.2) is 4.39 Å². The summed E-state index contributed by atoms with van der Waals surface area (Å²) < 4.78 is 15.5. The Morgan fingerprint density at radius 2 is 1.97 bits per heavy atom. The Labute approximate surface area is 167 Å². The molecule has 0 atom stereocenters. The van der Waals surface area contributed by atoms with Crippen molar-refractivity contribution in [2.75, 3.05) is 17.2 Å². The summed E-state index contributed by atoms with van der Waals surface area (Å²) in [5.74, 6) is 0.917. The van der Waals surface area contributed by atoms with E-state index in [0.717, 1.165) is 59.1 Å². The van der Waals surface area contributed by atoms with E-state index >= 15 is 0 Å². The predicted octanol–water partition coefficient (Wildman–Crippen LogP) is 3.34. The number of nitrogen functional groups attached to an aromatic ring is 1. The molecule has 1 fully saturated rings. The van der Waals surface area contributed by atoms with Crippen LogP contribution < -0.4 is 16.1 Å². The molecule has 2 aliphatic rings. The van der Waals surface area contributed by atoms with Gasteiger partial charge in [0.15, 0.2) is 11.3 Å². The zero-order valence-electron chi connectivity index (χ0n) is 16.3. The third kappa shape index (κ3) is 2.97. The molecule has 0 spiro atoms. The highest BCUT2D eigenvalue weighted by atomic mass is 19.1. The lowest BCUT2D eigenvalue weighted by atomic mass is 9.98. The number of nitrogens with one attached hydrogen (secondary N) is 2. The van der Waals surface area contributed by atoms with Gasteiger partial charge >= 0.3 is 0 Å². The van der Waals surface area contributed by atoms with Crippen LogP contribution in [-0.2, 0) is 13.0 Å². The molecule has 4 N–H and O–H groups in total. The standard InChI is InChI=1S/C22H23FN6/c1-12-2-5-16-17(8-12)22(27-29(21(16)26)20(25)13-3-4-13)28-7-6-14-10-19(24)18(23)9-15(14)11-28/h2,5,8-10,13,25-26H,3-4,6-7,11,24H2,1H3. The number of nitrogens with zero attached hydrogens (tertiary/aromatic N) is 3. The molecule has 1 aliphatic heterocycles. The molecular formula is C22H23FN6. The highest BCUT2D eigenvalue weighted by Gasteiger charge is 2.30. The van der Waals surface area contributed by atoms with Crippen molar-refractivity contribution in [3.05, 3.63) is 58.3 Å². The molecule has 1 aliphatic carbocycles. The Hall–Kier alpha value is -3.22. The number of aromatic nitrogens is 2. The fourth-order valence-corrected chi connectivity index (χ4v) is 4.08. The van der Waals surface area contributed by atoms with E-state index in [0.29, 0.717) is 12.4 Å². The summed E-state index contributed by atoms with van der Waals surface area (Å²) in [7, 11) is 0. The molecule has 0 amide bonds. The normalized spacial score (nSPS) is 16.1. The first-order valence-electron chi connectivity index (χ1n) is 9.91. The first-order chi connectivity index (χ1) is 13.9. The van der Waals surface area contributed by atoms with Crippen LogP contribution in [0.1, 0.15) is 29.5 Å². The van der Waals surface area contributed by atoms with E-state index in [1.807, 2.05) is 25.1 Å². The minimum absolute atomic E-state index is 0.186. The van der Waals surface area contributed by atoms with Crippen LogP contribution in [0.15, 0.2) is 30.3 Å². The van der Waals surface area contributed by atoms with Gasteiger partial charge in [0.1, 0.15) is 11.7 Å². The SMILES string of the molecule is Cc1ccc2c(=N)n(C(=N)C3CC3)nc(N3CCc4cc(N)c(F)cc4C3)c2c1. The fourth-order valence-electron chi connectivity index (χ4n) is 4.08. The molecule has 1 aromatic heterocycles. The quantitative estimate of drug-likeness (QED) is 0.356. The molecule has 0 radical (unpaired) electrons. The van der Waals surface area contributed by atoms with Crippen LogP contribution in [0.4, 0.5) is 15.9 Å². The third-order valence-electron chi connectivity index (χ3n) is 5.90. The summed E-state index contributed by atoms with van der Waals surface area (Å²) in [4.78, 5) is 2.12. The van der Waals surface area contributed by atoms with Crippen molar-refractivity contribution in [1.29, 1.82) is 10.8 Å². The number of aryl methyl sites for hydroxylation is 1. The summed E-state index contributed by atoms with van der Waals surface area (Å²) in [6.07, 6.45) is 2.70. The Kier molecular flexibility index (Phi) is 3.94. The lowest BCUT2D eigenvalue weighted by Crippen LogP contribution is -2.36. The maximum absolute atomic E-state index is 14.0. The van der Waals surface area contributed by atoms with Crippen molar-refractivity contribution in [2.45, 2.75) is 32.7 Å². The third-order valence-corrected chi connectivity index (χ3v) is 5.90. The molecule has 148 valence electrons. The van der Waals surface area contributed by atoms with E-state index in [9.17, 15) is 4.39 Å². The zero-order chi connectivity index (χ0) is 20.3. The van der Waals surface area contributed by atoms with Gasteiger partial charge in [-0.15, -0.1) is 5.10 Å². The molecular weight excluding hydrogens is 367 g/mol. The summed E-state index contributed by atoms with van der Waals surface area (Å²) in [6, 6.07) is 9.21. The molecule has 2 heterocycles. The Bertz CT molecular complexity index is 1220. The van der Waals surface area contributed by atoms with Crippen LogP contribution >= 0.6 is 0 Å². The van der Waals surface area contributed by atoms with Crippen molar-refractivity contribution < 1.29 is 4.39 Å². The molecule has 0 unspecified atom stereocenters. The number of fused-ring (bicyclic) bond motifs is 2. The Morgan fingerprint density at radius 3 is 2.72 bits per heavy atom. The highest BCUT2D eigenvalue weighted by molar-refractivity contribution is 5.94. The predicted molar refractivity (Wildman–Crippen MR) is 112 cm³/mol. The minimum Gasteiger partial charge on any atom is -0.396 e.